The lowest BCUT2D eigenvalue weighted by Gasteiger charge is -2.18. The molecule has 0 heterocycles. The molecule has 0 saturated carbocycles. The summed E-state index contributed by atoms with van der Waals surface area (Å²) >= 11 is 0. The summed E-state index contributed by atoms with van der Waals surface area (Å²) < 4.78 is 47.2. The zero-order valence-electron chi connectivity index (χ0n) is 13.0. The van der Waals surface area contributed by atoms with Crippen LogP contribution in [0.3, 0.4) is 0 Å². The van der Waals surface area contributed by atoms with Crippen LogP contribution in [0.25, 0.3) is 0 Å². The summed E-state index contributed by atoms with van der Waals surface area (Å²) in [6, 6.07) is 4.41. The second kappa shape index (κ2) is 7.38. The van der Waals surface area contributed by atoms with Gasteiger partial charge < -0.3 is 14.8 Å². The summed E-state index contributed by atoms with van der Waals surface area (Å²) in [4.78, 5) is 11.3. The predicted molar refractivity (Wildman–Crippen MR) is 76.0 cm³/mol. The number of amides is 1. The molecule has 1 N–H and O–H groups in total. The van der Waals surface area contributed by atoms with E-state index in [0.29, 0.717) is 17.1 Å². The van der Waals surface area contributed by atoms with Gasteiger partial charge in [-0.1, -0.05) is 6.07 Å². The molecule has 0 aromatic heterocycles. The number of carbonyl (C=O) groups is 1. The first-order chi connectivity index (χ1) is 10.1. The van der Waals surface area contributed by atoms with Gasteiger partial charge in [-0.05, 0) is 38.5 Å². The average Bonchev–Trinajstić information content (AvgIpc) is 2.35. The predicted octanol–water partition coefficient (Wildman–Crippen LogP) is 3.61. The molecule has 0 aliphatic rings. The van der Waals surface area contributed by atoms with Gasteiger partial charge in [-0.25, -0.2) is 0 Å². The van der Waals surface area contributed by atoms with Crippen LogP contribution in [0.1, 0.15) is 38.8 Å². The maximum absolute atomic E-state index is 12.2. The van der Waals surface area contributed by atoms with Crippen molar-refractivity contribution in [3.63, 3.8) is 0 Å². The van der Waals surface area contributed by atoms with E-state index in [-0.39, 0.29) is 6.10 Å². The van der Waals surface area contributed by atoms with Crippen molar-refractivity contribution in [3.8, 4) is 11.5 Å². The van der Waals surface area contributed by atoms with E-state index in [1.165, 1.54) is 7.11 Å². The number of hydrogen-bond acceptors (Lipinski definition) is 3. The summed E-state index contributed by atoms with van der Waals surface area (Å²) in [5.74, 6) is -0.0698. The van der Waals surface area contributed by atoms with Crippen LogP contribution in [0.5, 0.6) is 11.5 Å². The van der Waals surface area contributed by atoms with E-state index in [2.05, 4.69) is 5.32 Å². The lowest BCUT2D eigenvalue weighted by molar-refractivity contribution is -0.154. The Hall–Kier alpha value is -1.92. The van der Waals surface area contributed by atoms with Gasteiger partial charge >= 0.3 is 6.18 Å². The molecule has 0 aliphatic heterocycles. The average molecular weight is 319 g/mol. The molecule has 0 saturated heterocycles. The molecule has 0 unspecified atom stereocenters. The largest absolute Gasteiger partial charge is 0.493 e. The first-order valence-electron chi connectivity index (χ1n) is 6.83. The van der Waals surface area contributed by atoms with Crippen molar-refractivity contribution < 1.29 is 27.4 Å². The highest BCUT2D eigenvalue weighted by Crippen LogP contribution is 2.31. The highest BCUT2D eigenvalue weighted by molar-refractivity contribution is 5.77. The van der Waals surface area contributed by atoms with Crippen LogP contribution < -0.4 is 14.8 Å². The fourth-order valence-corrected chi connectivity index (χ4v) is 1.86. The molecule has 1 rings (SSSR count). The van der Waals surface area contributed by atoms with Crippen molar-refractivity contribution in [3.05, 3.63) is 23.8 Å². The maximum Gasteiger partial charge on any atom is 0.397 e. The fourth-order valence-electron chi connectivity index (χ4n) is 1.86. The number of rotatable bonds is 6. The van der Waals surface area contributed by atoms with Crippen molar-refractivity contribution in [2.75, 3.05) is 7.11 Å². The minimum Gasteiger partial charge on any atom is -0.493 e. The molecule has 0 fully saturated rings. The van der Waals surface area contributed by atoms with Crippen LogP contribution in [0.15, 0.2) is 18.2 Å². The lowest BCUT2D eigenvalue weighted by Crippen LogP contribution is -2.30. The lowest BCUT2D eigenvalue weighted by atomic mass is 10.1. The van der Waals surface area contributed by atoms with Crippen molar-refractivity contribution in [1.29, 1.82) is 0 Å². The van der Waals surface area contributed by atoms with Gasteiger partial charge in [-0.2, -0.15) is 13.2 Å². The molecular weight excluding hydrogens is 299 g/mol. The van der Waals surface area contributed by atoms with Crippen molar-refractivity contribution in [2.45, 2.75) is 45.5 Å². The Balaban J connectivity index is 2.81. The van der Waals surface area contributed by atoms with E-state index < -0.39 is 24.5 Å². The van der Waals surface area contributed by atoms with Gasteiger partial charge in [0.1, 0.15) is 6.42 Å². The van der Waals surface area contributed by atoms with Gasteiger partial charge in [0.2, 0.25) is 5.91 Å². The second-order valence-electron chi connectivity index (χ2n) is 5.16. The molecule has 0 radical (unpaired) electrons. The summed E-state index contributed by atoms with van der Waals surface area (Å²) in [5, 5.41) is 2.31. The third-order valence-corrected chi connectivity index (χ3v) is 2.79. The van der Waals surface area contributed by atoms with Gasteiger partial charge in [0.15, 0.2) is 11.5 Å². The number of nitrogens with one attached hydrogen (secondary N) is 1. The Bertz CT molecular complexity index is 515. The van der Waals surface area contributed by atoms with E-state index in [1.54, 1.807) is 25.1 Å². The van der Waals surface area contributed by atoms with Crippen LogP contribution >= 0.6 is 0 Å². The van der Waals surface area contributed by atoms with Gasteiger partial charge in [-0.15, -0.1) is 0 Å². The molecule has 0 bridgehead atoms. The molecule has 7 heteroatoms. The first-order valence-corrected chi connectivity index (χ1v) is 6.83. The standard InChI is InChI=1S/C15H20F3NO3/c1-9(2)22-12-6-5-11(7-13(12)21-4)10(3)19-14(20)8-15(16,17)18/h5-7,9-10H,8H2,1-4H3,(H,19,20)/t10-/m1/s1. The zero-order valence-corrected chi connectivity index (χ0v) is 13.0. The Morgan fingerprint density at radius 2 is 1.86 bits per heavy atom. The number of hydrogen-bond donors (Lipinski definition) is 1. The van der Waals surface area contributed by atoms with E-state index in [4.69, 9.17) is 9.47 Å². The molecule has 1 aromatic carbocycles. The summed E-state index contributed by atoms with van der Waals surface area (Å²) in [6.45, 7) is 5.34. The highest BCUT2D eigenvalue weighted by atomic mass is 19.4. The Morgan fingerprint density at radius 3 is 2.36 bits per heavy atom. The third kappa shape index (κ3) is 5.83. The molecule has 4 nitrogen and oxygen atoms in total. The second-order valence-corrected chi connectivity index (χ2v) is 5.16. The maximum atomic E-state index is 12.2. The topological polar surface area (TPSA) is 47.6 Å². The monoisotopic (exact) mass is 319 g/mol. The number of carbonyl (C=O) groups excluding carboxylic acids is 1. The minimum atomic E-state index is -4.52. The Kier molecular flexibility index (Phi) is 6.08. The van der Waals surface area contributed by atoms with Crippen LogP contribution in [-0.2, 0) is 4.79 Å². The SMILES string of the molecule is COc1cc([C@@H](C)NC(=O)CC(F)(F)F)ccc1OC(C)C. The fraction of sp³-hybridized carbons (Fsp3) is 0.533. The highest BCUT2D eigenvalue weighted by Gasteiger charge is 2.31. The minimum absolute atomic E-state index is 0.0383. The molecule has 22 heavy (non-hydrogen) atoms. The zero-order chi connectivity index (χ0) is 16.9. The van der Waals surface area contributed by atoms with E-state index >= 15 is 0 Å². The Morgan fingerprint density at radius 1 is 1.23 bits per heavy atom. The van der Waals surface area contributed by atoms with Crippen molar-refractivity contribution in [2.24, 2.45) is 0 Å². The molecule has 0 spiro atoms. The Labute approximate surface area is 127 Å². The molecular formula is C15H20F3NO3. The summed E-state index contributed by atoms with van der Waals surface area (Å²) in [7, 11) is 1.47. The van der Waals surface area contributed by atoms with Crippen molar-refractivity contribution in [1.82, 2.24) is 5.32 Å². The van der Waals surface area contributed by atoms with Gasteiger partial charge in [0.05, 0.1) is 19.3 Å². The van der Waals surface area contributed by atoms with Crippen molar-refractivity contribution >= 4 is 5.91 Å². The van der Waals surface area contributed by atoms with E-state index in [0.717, 1.165) is 0 Å². The summed E-state index contributed by atoms with van der Waals surface area (Å²) in [6.07, 6.45) is -6.05. The van der Waals surface area contributed by atoms with E-state index in [9.17, 15) is 18.0 Å². The van der Waals surface area contributed by atoms with Gasteiger partial charge in [0, 0.05) is 0 Å². The number of alkyl halides is 3. The van der Waals surface area contributed by atoms with Gasteiger partial charge in [0.25, 0.3) is 0 Å². The first kappa shape index (κ1) is 18.1. The van der Waals surface area contributed by atoms with Crippen LogP contribution in [0.4, 0.5) is 13.2 Å². The van der Waals surface area contributed by atoms with Crippen LogP contribution in [0.2, 0.25) is 0 Å². The third-order valence-electron chi connectivity index (χ3n) is 2.79. The quantitative estimate of drug-likeness (QED) is 0.871. The molecule has 1 aromatic rings. The number of methoxy groups -OCH3 is 1. The number of ether oxygens (including phenoxy) is 2. The molecule has 124 valence electrons. The summed E-state index contributed by atoms with van der Waals surface area (Å²) in [5.41, 5.74) is 0.628. The molecule has 1 atom stereocenters. The normalized spacial score (nSPS) is 12.9. The number of halogens is 3. The molecule has 0 aliphatic carbocycles. The smallest absolute Gasteiger partial charge is 0.397 e. The molecule has 1 amide bonds. The van der Waals surface area contributed by atoms with E-state index in [1.807, 2.05) is 13.8 Å². The van der Waals surface area contributed by atoms with Crippen LogP contribution in [0, 0.1) is 0 Å². The van der Waals surface area contributed by atoms with Crippen LogP contribution in [-0.4, -0.2) is 25.3 Å². The van der Waals surface area contributed by atoms with Gasteiger partial charge in [-0.3, -0.25) is 4.79 Å². The number of benzene rings is 1.